The Morgan fingerprint density at radius 2 is 1.71 bits per heavy atom. The molecule has 1 saturated heterocycles. The molecule has 0 aliphatic carbocycles. The summed E-state index contributed by atoms with van der Waals surface area (Å²) in [6.07, 6.45) is 4.14. The van der Waals surface area contributed by atoms with E-state index in [0.29, 0.717) is 29.0 Å². The van der Waals surface area contributed by atoms with Gasteiger partial charge in [0.1, 0.15) is 0 Å². The maximum Gasteiger partial charge on any atom is 0.243 e. The van der Waals surface area contributed by atoms with Gasteiger partial charge in [-0.25, -0.2) is 8.42 Å². The van der Waals surface area contributed by atoms with Crippen molar-refractivity contribution in [3.05, 3.63) is 29.8 Å². The number of hydrogen-bond acceptors (Lipinski definition) is 3. The Bertz CT molecular complexity index is 570. The lowest BCUT2D eigenvalue weighted by molar-refractivity contribution is 0.141. The molecule has 1 fully saturated rings. The van der Waals surface area contributed by atoms with E-state index in [2.05, 4.69) is 13.8 Å². The number of rotatable bonds is 5. The third-order valence-corrected chi connectivity index (χ3v) is 7.09. The third kappa shape index (κ3) is 3.15. The SMILES string of the molecule is CCC1(CC)CCN(S(=O)(=O)c2ccccc2CN)CC1. The van der Waals surface area contributed by atoms with E-state index < -0.39 is 10.0 Å². The fourth-order valence-electron chi connectivity index (χ4n) is 3.22. The summed E-state index contributed by atoms with van der Waals surface area (Å²) in [4.78, 5) is 0.369. The molecule has 2 rings (SSSR count). The molecule has 4 nitrogen and oxygen atoms in total. The van der Waals surface area contributed by atoms with Crippen molar-refractivity contribution in [2.45, 2.75) is 51.0 Å². The summed E-state index contributed by atoms with van der Waals surface area (Å²) in [5, 5.41) is 0. The van der Waals surface area contributed by atoms with Crippen LogP contribution in [0.5, 0.6) is 0 Å². The van der Waals surface area contributed by atoms with Crippen LogP contribution in [0, 0.1) is 5.41 Å². The van der Waals surface area contributed by atoms with E-state index >= 15 is 0 Å². The van der Waals surface area contributed by atoms with E-state index in [1.165, 1.54) is 0 Å². The van der Waals surface area contributed by atoms with Crippen LogP contribution in [0.4, 0.5) is 0 Å². The number of sulfonamides is 1. The third-order valence-electron chi connectivity index (χ3n) is 5.09. The van der Waals surface area contributed by atoms with E-state index in [1.54, 1.807) is 22.5 Å². The zero-order valence-corrected chi connectivity index (χ0v) is 13.8. The van der Waals surface area contributed by atoms with E-state index in [0.717, 1.165) is 25.7 Å². The van der Waals surface area contributed by atoms with Crippen LogP contribution in [0.2, 0.25) is 0 Å². The molecular formula is C16H26N2O2S. The van der Waals surface area contributed by atoms with Gasteiger partial charge >= 0.3 is 0 Å². The Morgan fingerprint density at radius 1 is 1.14 bits per heavy atom. The molecule has 1 aliphatic rings. The van der Waals surface area contributed by atoms with Crippen LogP contribution < -0.4 is 5.73 Å². The second kappa shape index (κ2) is 6.46. The Labute approximate surface area is 128 Å². The molecular weight excluding hydrogens is 284 g/mol. The number of hydrogen-bond donors (Lipinski definition) is 1. The van der Waals surface area contributed by atoms with Gasteiger partial charge in [-0.3, -0.25) is 0 Å². The molecule has 1 heterocycles. The molecule has 0 saturated carbocycles. The fourth-order valence-corrected chi connectivity index (χ4v) is 4.90. The minimum atomic E-state index is -3.42. The number of nitrogens with zero attached hydrogens (tertiary/aromatic N) is 1. The molecule has 0 aromatic heterocycles. The molecule has 1 aliphatic heterocycles. The Hall–Kier alpha value is -0.910. The molecule has 5 heteroatoms. The lowest BCUT2D eigenvalue weighted by atomic mass is 9.75. The minimum absolute atomic E-state index is 0.247. The van der Waals surface area contributed by atoms with Crippen molar-refractivity contribution in [3.8, 4) is 0 Å². The molecule has 0 spiro atoms. The van der Waals surface area contributed by atoms with Gasteiger partial charge in [0.05, 0.1) is 4.90 Å². The maximum atomic E-state index is 12.8. The van der Waals surface area contributed by atoms with Gasteiger partial charge < -0.3 is 5.73 Å². The molecule has 1 aromatic rings. The van der Waals surface area contributed by atoms with Gasteiger partial charge in [0.15, 0.2) is 0 Å². The second-order valence-electron chi connectivity index (χ2n) is 5.92. The smallest absolute Gasteiger partial charge is 0.243 e. The van der Waals surface area contributed by atoms with Crippen LogP contribution in [0.3, 0.4) is 0 Å². The lowest BCUT2D eigenvalue weighted by Crippen LogP contribution is -2.43. The van der Waals surface area contributed by atoms with Gasteiger partial charge in [-0.2, -0.15) is 4.31 Å². The summed E-state index contributed by atoms with van der Waals surface area (Å²) >= 11 is 0. The lowest BCUT2D eigenvalue weighted by Gasteiger charge is -2.40. The Balaban J connectivity index is 2.23. The van der Waals surface area contributed by atoms with Crippen molar-refractivity contribution >= 4 is 10.0 Å². The van der Waals surface area contributed by atoms with Gasteiger partial charge in [-0.15, -0.1) is 0 Å². The molecule has 0 unspecified atom stereocenters. The first-order chi connectivity index (χ1) is 9.99. The molecule has 0 amide bonds. The highest BCUT2D eigenvalue weighted by molar-refractivity contribution is 7.89. The molecule has 0 atom stereocenters. The van der Waals surface area contributed by atoms with Gasteiger partial charge in [0.2, 0.25) is 10.0 Å². The van der Waals surface area contributed by atoms with Crippen LogP contribution in [-0.4, -0.2) is 25.8 Å². The zero-order chi connectivity index (χ0) is 15.5. The molecule has 118 valence electrons. The normalized spacial score (nSPS) is 19.6. The summed E-state index contributed by atoms with van der Waals surface area (Å²) in [7, 11) is -3.42. The first kappa shape index (κ1) is 16.5. The van der Waals surface area contributed by atoms with Crippen molar-refractivity contribution in [3.63, 3.8) is 0 Å². The summed E-state index contributed by atoms with van der Waals surface area (Å²) < 4.78 is 27.3. The van der Waals surface area contributed by atoms with Crippen LogP contribution in [0.25, 0.3) is 0 Å². The van der Waals surface area contributed by atoms with Crippen LogP contribution in [0.1, 0.15) is 45.1 Å². The standard InChI is InChI=1S/C16H26N2O2S/c1-3-16(4-2)9-11-18(12-10-16)21(19,20)15-8-6-5-7-14(15)13-17/h5-8H,3-4,9-13,17H2,1-2H3. The van der Waals surface area contributed by atoms with E-state index in [-0.39, 0.29) is 6.54 Å². The predicted molar refractivity (Wildman–Crippen MR) is 85.3 cm³/mol. The maximum absolute atomic E-state index is 12.8. The van der Waals surface area contributed by atoms with Gasteiger partial charge in [-0.1, -0.05) is 44.9 Å². The van der Waals surface area contributed by atoms with E-state index in [9.17, 15) is 8.42 Å². The van der Waals surface area contributed by atoms with Crippen molar-refractivity contribution in [1.82, 2.24) is 4.31 Å². The monoisotopic (exact) mass is 310 g/mol. The van der Waals surface area contributed by atoms with E-state index in [4.69, 9.17) is 5.73 Å². The highest BCUT2D eigenvalue weighted by Crippen LogP contribution is 2.39. The second-order valence-corrected chi connectivity index (χ2v) is 7.83. The predicted octanol–water partition coefficient (Wildman–Crippen LogP) is 2.74. The average Bonchev–Trinajstić information content (AvgIpc) is 2.54. The largest absolute Gasteiger partial charge is 0.326 e. The summed E-state index contributed by atoms with van der Waals surface area (Å²) in [6, 6.07) is 7.05. The first-order valence-corrected chi connectivity index (χ1v) is 9.21. The van der Waals surface area contributed by atoms with E-state index in [1.807, 2.05) is 6.07 Å². The number of piperidine rings is 1. The Morgan fingerprint density at radius 3 is 2.24 bits per heavy atom. The molecule has 1 aromatic carbocycles. The highest BCUT2D eigenvalue weighted by atomic mass is 32.2. The van der Waals surface area contributed by atoms with Crippen molar-refractivity contribution in [1.29, 1.82) is 0 Å². The van der Waals surface area contributed by atoms with Crippen molar-refractivity contribution < 1.29 is 8.42 Å². The molecule has 21 heavy (non-hydrogen) atoms. The molecule has 0 radical (unpaired) electrons. The quantitative estimate of drug-likeness (QED) is 0.909. The first-order valence-electron chi connectivity index (χ1n) is 7.77. The van der Waals surface area contributed by atoms with Gasteiger partial charge in [0, 0.05) is 19.6 Å². The number of benzene rings is 1. The average molecular weight is 310 g/mol. The van der Waals surface area contributed by atoms with Crippen LogP contribution >= 0.6 is 0 Å². The molecule has 0 bridgehead atoms. The summed E-state index contributed by atoms with van der Waals surface area (Å²) in [5.41, 5.74) is 6.69. The van der Waals surface area contributed by atoms with Crippen molar-refractivity contribution in [2.75, 3.05) is 13.1 Å². The van der Waals surface area contributed by atoms with Crippen LogP contribution in [0.15, 0.2) is 29.2 Å². The fraction of sp³-hybridized carbons (Fsp3) is 0.625. The van der Waals surface area contributed by atoms with Crippen LogP contribution in [-0.2, 0) is 16.6 Å². The zero-order valence-electron chi connectivity index (χ0n) is 13.0. The van der Waals surface area contributed by atoms with Gasteiger partial charge in [0.25, 0.3) is 0 Å². The summed E-state index contributed by atoms with van der Waals surface area (Å²) in [6.45, 7) is 5.89. The van der Waals surface area contributed by atoms with Crippen molar-refractivity contribution in [2.24, 2.45) is 11.1 Å². The van der Waals surface area contributed by atoms with Gasteiger partial charge in [-0.05, 0) is 29.9 Å². The Kier molecular flexibility index (Phi) is 5.07. The number of nitrogens with two attached hydrogens (primary N) is 1. The minimum Gasteiger partial charge on any atom is -0.326 e. The summed E-state index contributed by atoms with van der Waals surface area (Å²) in [5.74, 6) is 0. The highest BCUT2D eigenvalue weighted by Gasteiger charge is 2.36. The topological polar surface area (TPSA) is 63.4 Å². The molecule has 2 N–H and O–H groups in total.